The number of fused-ring (bicyclic) bond motifs is 3. The van der Waals surface area contributed by atoms with Gasteiger partial charge in [-0.2, -0.15) is 0 Å². The molecule has 0 atom stereocenters. The van der Waals surface area contributed by atoms with Crippen molar-refractivity contribution < 1.29 is 14.4 Å². The lowest BCUT2D eigenvalue weighted by molar-refractivity contribution is -0.140. The van der Waals surface area contributed by atoms with Crippen molar-refractivity contribution in [1.82, 2.24) is 0 Å². The minimum absolute atomic E-state index is 0.330. The summed E-state index contributed by atoms with van der Waals surface area (Å²) in [6.45, 7) is 1.65. The lowest BCUT2D eigenvalue weighted by Gasteiger charge is -2.03. The Hall–Kier alpha value is -2.36. The Morgan fingerprint density at radius 1 is 1.28 bits per heavy atom. The summed E-state index contributed by atoms with van der Waals surface area (Å²) in [4.78, 5) is 15.4. The number of oxime groups is 1. The molecule has 2 aromatic carbocycles. The van der Waals surface area contributed by atoms with Crippen molar-refractivity contribution in [3.8, 4) is 5.75 Å². The number of ether oxygens (including phenoxy) is 1. The van der Waals surface area contributed by atoms with Crippen LogP contribution in [0.4, 0.5) is 0 Å². The summed E-state index contributed by atoms with van der Waals surface area (Å²) in [5.41, 5.74) is 1.53. The van der Waals surface area contributed by atoms with Crippen LogP contribution in [0, 0.1) is 0 Å². The van der Waals surface area contributed by atoms with Crippen LogP contribution in [0.15, 0.2) is 41.6 Å². The predicted octanol–water partition coefficient (Wildman–Crippen LogP) is 2.50. The van der Waals surface area contributed by atoms with Gasteiger partial charge in [0.1, 0.15) is 18.1 Å². The van der Waals surface area contributed by atoms with Gasteiger partial charge in [0.25, 0.3) is 0 Å². The van der Waals surface area contributed by atoms with Crippen molar-refractivity contribution in [3.63, 3.8) is 0 Å². The SMILES string of the molecule is CC(=O)O/N=C1\COc2c1ccc1ccccc21. The molecule has 4 heteroatoms. The molecule has 0 spiro atoms. The molecule has 0 bridgehead atoms. The van der Waals surface area contributed by atoms with Crippen LogP contribution in [-0.2, 0) is 9.63 Å². The molecule has 1 aliphatic heterocycles. The quantitative estimate of drug-likeness (QED) is 0.569. The number of carbonyl (C=O) groups excluding carboxylic acids is 1. The lowest BCUT2D eigenvalue weighted by Crippen LogP contribution is -2.04. The summed E-state index contributed by atoms with van der Waals surface area (Å²) in [5.74, 6) is 0.371. The van der Waals surface area contributed by atoms with E-state index < -0.39 is 5.97 Å². The van der Waals surface area contributed by atoms with Gasteiger partial charge < -0.3 is 9.57 Å². The maximum absolute atomic E-state index is 10.8. The molecule has 1 heterocycles. The molecular weight excluding hydrogens is 230 g/mol. The molecule has 1 aliphatic rings. The first-order chi connectivity index (χ1) is 8.75. The number of hydrogen-bond acceptors (Lipinski definition) is 4. The van der Waals surface area contributed by atoms with Gasteiger partial charge in [-0.15, -0.1) is 0 Å². The molecule has 3 rings (SSSR count). The minimum Gasteiger partial charge on any atom is -0.486 e. The fourth-order valence-corrected chi connectivity index (χ4v) is 2.04. The van der Waals surface area contributed by atoms with Crippen LogP contribution < -0.4 is 4.74 Å². The summed E-state index contributed by atoms with van der Waals surface area (Å²) in [7, 11) is 0. The molecule has 90 valence electrons. The van der Waals surface area contributed by atoms with E-state index >= 15 is 0 Å². The van der Waals surface area contributed by atoms with Crippen molar-refractivity contribution >= 4 is 22.5 Å². The zero-order valence-corrected chi connectivity index (χ0v) is 9.84. The molecule has 0 saturated carbocycles. The third-order valence-electron chi connectivity index (χ3n) is 2.83. The van der Waals surface area contributed by atoms with E-state index in [-0.39, 0.29) is 0 Å². The molecule has 0 N–H and O–H groups in total. The maximum Gasteiger partial charge on any atom is 0.331 e. The molecule has 18 heavy (non-hydrogen) atoms. The van der Waals surface area contributed by atoms with E-state index in [1.54, 1.807) is 0 Å². The lowest BCUT2D eigenvalue weighted by atomic mass is 10.0. The normalized spacial score (nSPS) is 15.5. The second-order valence-electron chi connectivity index (χ2n) is 4.07. The Morgan fingerprint density at radius 3 is 2.94 bits per heavy atom. The molecule has 0 fully saturated rings. The fraction of sp³-hybridized carbons (Fsp3) is 0.143. The van der Waals surface area contributed by atoms with Gasteiger partial charge in [-0.3, -0.25) is 0 Å². The third kappa shape index (κ3) is 1.72. The van der Waals surface area contributed by atoms with Crippen LogP contribution >= 0.6 is 0 Å². The van der Waals surface area contributed by atoms with Gasteiger partial charge in [-0.25, -0.2) is 4.79 Å². The number of hydrogen-bond donors (Lipinski definition) is 0. The first kappa shape index (κ1) is 10.8. The largest absolute Gasteiger partial charge is 0.486 e. The first-order valence-corrected chi connectivity index (χ1v) is 5.65. The summed E-state index contributed by atoms with van der Waals surface area (Å²) in [6, 6.07) is 11.9. The Morgan fingerprint density at radius 2 is 2.11 bits per heavy atom. The summed E-state index contributed by atoms with van der Waals surface area (Å²) >= 11 is 0. The van der Waals surface area contributed by atoms with Gasteiger partial charge >= 0.3 is 5.97 Å². The Balaban J connectivity index is 2.10. The highest BCUT2D eigenvalue weighted by molar-refractivity contribution is 6.10. The smallest absolute Gasteiger partial charge is 0.331 e. The predicted molar refractivity (Wildman–Crippen MR) is 67.7 cm³/mol. The maximum atomic E-state index is 10.8. The Bertz CT molecular complexity index is 661. The van der Waals surface area contributed by atoms with Gasteiger partial charge in [-0.05, 0) is 11.5 Å². The van der Waals surface area contributed by atoms with Crippen molar-refractivity contribution in [2.75, 3.05) is 6.61 Å². The third-order valence-corrected chi connectivity index (χ3v) is 2.83. The average Bonchev–Trinajstić information content (AvgIpc) is 2.80. The second kappa shape index (κ2) is 4.14. The van der Waals surface area contributed by atoms with E-state index in [0.717, 1.165) is 22.1 Å². The summed E-state index contributed by atoms with van der Waals surface area (Å²) < 4.78 is 5.63. The van der Waals surface area contributed by atoms with Gasteiger partial charge in [0.2, 0.25) is 0 Å². The number of rotatable bonds is 1. The van der Waals surface area contributed by atoms with Crippen LogP contribution in [0.3, 0.4) is 0 Å². The molecule has 0 radical (unpaired) electrons. The van der Waals surface area contributed by atoms with Crippen LogP contribution in [0.5, 0.6) is 5.75 Å². The molecule has 4 nitrogen and oxygen atoms in total. The molecule has 0 aromatic heterocycles. The van der Waals surface area contributed by atoms with Crippen LogP contribution in [0.25, 0.3) is 10.8 Å². The fourth-order valence-electron chi connectivity index (χ4n) is 2.04. The van der Waals surface area contributed by atoms with Crippen molar-refractivity contribution in [3.05, 3.63) is 42.0 Å². The second-order valence-corrected chi connectivity index (χ2v) is 4.07. The molecule has 0 saturated heterocycles. The van der Waals surface area contributed by atoms with Gasteiger partial charge in [0.15, 0.2) is 0 Å². The highest BCUT2D eigenvalue weighted by Crippen LogP contribution is 2.34. The molecule has 0 aliphatic carbocycles. The highest BCUT2D eigenvalue weighted by atomic mass is 16.7. The molecule has 0 unspecified atom stereocenters. The minimum atomic E-state index is -0.434. The van der Waals surface area contributed by atoms with E-state index in [2.05, 4.69) is 9.99 Å². The molecular formula is C14H11NO3. The first-order valence-electron chi connectivity index (χ1n) is 5.65. The molecule has 2 aromatic rings. The summed E-state index contributed by atoms with van der Waals surface area (Å²) in [5, 5.41) is 5.97. The van der Waals surface area contributed by atoms with Gasteiger partial charge in [0, 0.05) is 17.9 Å². The topological polar surface area (TPSA) is 47.9 Å². The zero-order chi connectivity index (χ0) is 12.5. The van der Waals surface area contributed by atoms with Crippen LogP contribution in [0.1, 0.15) is 12.5 Å². The van der Waals surface area contributed by atoms with E-state index in [9.17, 15) is 4.79 Å². The van der Waals surface area contributed by atoms with Crippen LogP contribution in [0.2, 0.25) is 0 Å². The van der Waals surface area contributed by atoms with E-state index in [4.69, 9.17) is 4.74 Å². The summed E-state index contributed by atoms with van der Waals surface area (Å²) in [6.07, 6.45) is 0. The van der Waals surface area contributed by atoms with E-state index in [1.165, 1.54) is 6.92 Å². The van der Waals surface area contributed by atoms with Gasteiger partial charge in [0.05, 0.1) is 0 Å². The average molecular weight is 241 g/mol. The number of carbonyl (C=O) groups is 1. The standard InChI is InChI=1S/C14H11NO3/c1-9(16)18-15-13-8-17-14-11-5-3-2-4-10(11)6-7-12(13)14/h2-7H,8H2,1H3/b15-13+. The highest BCUT2D eigenvalue weighted by Gasteiger charge is 2.22. The molecule has 0 amide bonds. The van der Waals surface area contributed by atoms with E-state index in [0.29, 0.717) is 12.3 Å². The Labute approximate surface area is 104 Å². The van der Waals surface area contributed by atoms with E-state index in [1.807, 2.05) is 36.4 Å². The van der Waals surface area contributed by atoms with Crippen molar-refractivity contribution in [2.45, 2.75) is 6.92 Å². The van der Waals surface area contributed by atoms with Crippen molar-refractivity contribution in [2.24, 2.45) is 5.16 Å². The Kier molecular flexibility index (Phi) is 2.48. The van der Waals surface area contributed by atoms with Crippen molar-refractivity contribution in [1.29, 1.82) is 0 Å². The van der Waals surface area contributed by atoms with Crippen LogP contribution in [-0.4, -0.2) is 18.3 Å². The number of benzene rings is 2. The number of nitrogens with zero attached hydrogens (tertiary/aromatic N) is 1. The van der Waals surface area contributed by atoms with Gasteiger partial charge in [-0.1, -0.05) is 35.5 Å². The zero-order valence-electron chi connectivity index (χ0n) is 9.84. The monoisotopic (exact) mass is 241 g/mol.